The first kappa shape index (κ1) is 25.8. The highest BCUT2D eigenvalue weighted by atomic mass is 16.5. The molecule has 0 saturated carbocycles. The third-order valence-electron chi connectivity index (χ3n) is 5.20. The Morgan fingerprint density at radius 3 is 2.00 bits per heavy atom. The third-order valence-corrected chi connectivity index (χ3v) is 5.20. The Hall–Kier alpha value is -4.80. The van der Waals surface area contributed by atoms with E-state index in [2.05, 4.69) is 49.8 Å². The lowest BCUT2D eigenvalue weighted by Gasteiger charge is -2.03. The minimum absolute atomic E-state index is 0.192. The summed E-state index contributed by atoms with van der Waals surface area (Å²) in [6, 6.07) is 21.1. The summed E-state index contributed by atoms with van der Waals surface area (Å²) in [6.07, 6.45) is 3.31. The Balaban J connectivity index is 1.67. The molecule has 0 saturated heterocycles. The second-order valence-electron chi connectivity index (χ2n) is 7.76. The van der Waals surface area contributed by atoms with Gasteiger partial charge in [-0.15, -0.1) is 0 Å². The molecule has 3 rings (SSSR count). The molecule has 36 heavy (non-hydrogen) atoms. The Morgan fingerprint density at radius 1 is 0.806 bits per heavy atom. The van der Waals surface area contributed by atoms with Crippen LogP contribution in [0.1, 0.15) is 45.9 Å². The van der Waals surface area contributed by atoms with E-state index in [1.807, 2.05) is 60.7 Å². The summed E-state index contributed by atoms with van der Waals surface area (Å²) < 4.78 is 9.79. The summed E-state index contributed by atoms with van der Waals surface area (Å²) >= 11 is 0. The maximum atomic E-state index is 11.5. The molecule has 3 aromatic carbocycles. The average molecular weight is 475 g/mol. The van der Waals surface area contributed by atoms with Crippen molar-refractivity contribution < 1.29 is 19.1 Å². The van der Waals surface area contributed by atoms with Crippen LogP contribution in [0.15, 0.2) is 92.2 Å². The van der Waals surface area contributed by atoms with Gasteiger partial charge in [0.25, 0.3) is 0 Å². The molecule has 0 aliphatic heterocycles. The lowest BCUT2D eigenvalue weighted by molar-refractivity contribution is -0.139. The van der Waals surface area contributed by atoms with Crippen molar-refractivity contribution in [1.29, 1.82) is 0 Å². The molecule has 0 spiro atoms. The third kappa shape index (κ3) is 7.90. The lowest BCUT2D eigenvalue weighted by Crippen LogP contribution is -2.03. The van der Waals surface area contributed by atoms with Gasteiger partial charge in [0.15, 0.2) is 0 Å². The summed E-state index contributed by atoms with van der Waals surface area (Å²) in [4.78, 5) is 22.7. The summed E-state index contributed by atoms with van der Waals surface area (Å²) in [7, 11) is 0. The molecule has 0 amide bonds. The molecule has 0 radical (unpaired) electrons. The average Bonchev–Trinajstić information content (AvgIpc) is 2.91. The first-order valence-electron chi connectivity index (χ1n) is 11.4. The van der Waals surface area contributed by atoms with Gasteiger partial charge in [0, 0.05) is 28.3 Å². The van der Waals surface area contributed by atoms with Crippen LogP contribution in [-0.4, -0.2) is 11.9 Å². The molecule has 0 aromatic heterocycles. The van der Waals surface area contributed by atoms with Crippen LogP contribution >= 0.6 is 0 Å². The van der Waals surface area contributed by atoms with Gasteiger partial charge >= 0.3 is 11.9 Å². The summed E-state index contributed by atoms with van der Waals surface area (Å²) in [5.41, 5.74) is 6.48. The molecule has 0 aliphatic rings. The van der Waals surface area contributed by atoms with Crippen LogP contribution in [-0.2, 0) is 38.5 Å². The van der Waals surface area contributed by atoms with Crippen molar-refractivity contribution in [1.82, 2.24) is 0 Å². The highest BCUT2D eigenvalue weighted by molar-refractivity contribution is 5.81. The van der Waals surface area contributed by atoms with E-state index in [4.69, 9.17) is 9.47 Å². The number of rotatable bonds is 7. The number of aryl methyl sites for hydroxylation is 1. The van der Waals surface area contributed by atoms with Crippen molar-refractivity contribution >= 4 is 11.9 Å². The van der Waals surface area contributed by atoms with Gasteiger partial charge in [0.2, 0.25) is 0 Å². The molecule has 0 heterocycles. The second-order valence-corrected chi connectivity index (χ2v) is 7.76. The number of hydrogen-bond donors (Lipinski definition) is 0. The van der Waals surface area contributed by atoms with Crippen LogP contribution in [0.5, 0.6) is 0 Å². The van der Waals surface area contributed by atoms with Gasteiger partial charge < -0.3 is 9.47 Å². The molecule has 0 atom stereocenters. The van der Waals surface area contributed by atoms with Crippen LogP contribution in [0.4, 0.5) is 0 Å². The normalized spacial score (nSPS) is 9.58. The number of carbonyl (C=O) groups is 2. The molecule has 0 N–H and O–H groups in total. The molecular formula is C32H26O4. The quantitative estimate of drug-likeness (QED) is 0.196. The number of esters is 2. The topological polar surface area (TPSA) is 52.6 Å². The van der Waals surface area contributed by atoms with Crippen LogP contribution < -0.4 is 0 Å². The van der Waals surface area contributed by atoms with Crippen LogP contribution in [0.3, 0.4) is 0 Å². The van der Waals surface area contributed by atoms with Crippen LogP contribution in [0, 0.1) is 23.7 Å². The molecule has 4 nitrogen and oxygen atoms in total. The van der Waals surface area contributed by atoms with Gasteiger partial charge in [-0.2, -0.15) is 0 Å². The van der Waals surface area contributed by atoms with Crippen molar-refractivity contribution in [3.63, 3.8) is 0 Å². The van der Waals surface area contributed by atoms with Crippen molar-refractivity contribution in [3.05, 3.63) is 131 Å². The summed E-state index contributed by atoms with van der Waals surface area (Å²) in [5, 5.41) is 0. The van der Waals surface area contributed by atoms with E-state index in [9.17, 15) is 9.59 Å². The zero-order valence-electron chi connectivity index (χ0n) is 20.2. The molecule has 178 valence electrons. The highest BCUT2D eigenvalue weighted by Crippen LogP contribution is 2.13. The monoisotopic (exact) mass is 474 g/mol. The Bertz CT molecular complexity index is 1370. The first-order chi connectivity index (χ1) is 17.5. The fraction of sp³-hybridized carbons (Fsp3) is 0.125. The van der Waals surface area contributed by atoms with E-state index < -0.39 is 5.97 Å². The number of ether oxygens (including phenoxy) is 2. The second kappa shape index (κ2) is 13.2. The van der Waals surface area contributed by atoms with E-state index in [1.165, 1.54) is 0 Å². The maximum absolute atomic E-state index is 11.5. The maximum Gasteiger partial charge on any atom is 0.330 e. The summed E-state index contributed by atoms with van der Waals surface area (Å²) in [6.45, 7) is 9.06. The Labute approximate surface area is 212 Å². The van der Waals surface area contributed by atoms with Gasteiger partial charge in [-0.25, -0.2) is 4.79 Å². The zero-order valence-corrected chi connectivity index (χ0v) is 20.2. The molecule has 3 aromatic rings. The largest absolute Gasteiger partial charge is 0.458 e. The molecule has 0 fully saturated rings. The predicted octanol–water partition coefficient (Wildman–Crippen LogP) is 5.51. The lowest BCUT2D eigenvalue weighted by atomic mass is 10.0. The van der Waals surface area contributed by atoms with Gasteiger partial charge in [-0.3, -0.25) is 4.79 Å². The van der Waals surface area contributed by atoms with Crippen molar-refractivity contribution in [2.45, 2.75) is 26.4 Å². The smallest absolute Gasteiger partial charge is 0.330 e. The van der Waals surface area contributed by atoms with E-state index in [1.54, 1.807) is 0 Å². The van der Waals surface area contributed by atoms with E-state index in [0.29, 0.717) is 0 Å². The number of hydrogen-bond acceptors (Lipinski definition) is 4. The molecule has 0 aliphatic carbocycles. The Morgan fingerprint density at radius 2 is 1.39 bits per heavy atom. The van der Waals surface area contributed by atoms with Gasteiger partial charge in [-0.05, 0) is 65.6 Å². The van der Waals surface area contributed by atoms with Crippen molar-refractivity contribution in [2.24, 2.45) is 0 Å². The summed E-state index contributed by atoms with van der Waals surface area (Å²) in [5.74, 6) is 12.0. The fourth-order valence-corrected chi connectivity index (χ4v) is 3.27. The minimum atomic E-state index is -0.444. The van der Waals surface area contributed by atoms with Crippen LogP contribution in [0.2, 0.25) is 0 Å². The number of benzene rings is 3. The van der Waals surface area contributed by atoms with Crippen molar-refractivity contribution in [2.75, 3.05) is 0 Å². The molecule has 0 bridgehead atoms. The SMILES string of the molecule is C=COC(=O)Cc1ccc(C#Cc2ccc(C#Cc3ccc(COC(=O)C=C)cc3)c(CC)c2)cc1. The van der Waals surface area contributed by atoms with Gasteiger partial charge in [0.05, 0.1) is 12.7 Å². The Kier molecular flexibility index (Phi) is 9.45. The predicted molar refractivity (Wildman–Crippen MR) is 141 cm³/mol. The highest BCUT2D eigenvalue weighted by Gasteiger charge is 2.03. The van der Waals surface area contributed by atoms with Crippen LogP contribution in [0.25, 0.3) is 0 Å². The van der Waals surface area contributed by atoms with Crippen molar-refractivity contribution in [3.8, 4) is 23.7 Å². The van der Waals surface area contributed by atoms with Gasteiger partial charge in [0.1, 0.15) is 6.61 Å². The first-order valence-corrected chi connectivity index (χ1v) is 11.4. The minimum Gasteiger partial charge on any atom is -0.458 e. The zero-order chi connectivity index (χ0) is 25.8. The van der Waals surface area contributed by atoms with E-state index in [-0.39, 0.29) is 19.0 Å². The molecule has 4 heteroatoms. The standard InChI is InChI=1S/C32H26O4/c1-4-29-21-26(12-7-24-8-13-27(14-9-24)22-32(34)35-6-3)18-20-30(29)19-17-25-10-15-28(16-11-25)23-36-31(33)5-2/h5-6,8-11,13-16,18,20-21H,2-4,22-23H2,1H3. The van der Waals surface area contributed by atoms with E-state index >= 15 is 0 Å². The molecular weight excluding hydrogens is 448 g/mol. The van der Waals surface area contributed by atoms with Gasteiger partial charge in [-0.1, -0.05) is 68.0 Å². The number of carbonyl (C=O) groups excluding carboxylic acids is 2. The fourth-order valence-electron chi connectivity index (χ4n) is 3.27. The molecule has 0 unspecified atom stereocenters. The van der Waals surface area contributed by atoms with E-state index in [0.717, 1.165) is 57.7 Å².